The molecule has 4 amide bonds. The van der Waals surface area contributed by atoms with Crippen LogP contribution in [0, 0.1) is 0 Å². The van der Waals surface area contributed by atoms with E-state index in [1.807, 2.05) is 0 Å². The number of hydrogen-bond donors (Lipinski definition) is 4. The van der Waals surface area contributed by atoms with Gasteiger partial charge in [0.05, 0.1) is 18.4 Å². The first-order valence-electron chi connectivity index (χ1n) is 10.5. The summed E-state index contributed by atoms with van der Waals surface area (Å²) >= 11 is 0. The highest BCUT2D eigenvalue weighted by Gasteiger charge is 2.12. The lowest BCUT2D eigenvalue weighted by Crippen LogP contribution is -2.28. The summed E-state index contributed by atoms with van der Waals surface area (Å²) in [5.41, 5.74) is 7.38. The quantitative estimate of drug-likeness (QED) is 0.349. The van der Waals surface area contributed by atoms with Gasteiger partial charge in [0.1, 0.15) is 5.75 Å². The third kappa shape index (κ3) is 7.32. The smallest absolute Gasteiger partial charge is 0.338 e. The Morgan fingerprint density at radius 1 is 0.829 bits per heavy atom. The van der Waals surface area contributed by atoms with Gasteiger partial charge in [-0.15, -0.1) is 0 Å². The Bertz CT molecular complexity index is 1210. The molecule has 35 heavy (non-hydrogen) atoms. The lowest BCUT2D eigenvalue weighted by atomic mass is 10.1. The highest BCUT2D eigenvalue weighted by atomic mass is 16.5. The molecule has 0 saturated carbocycles. The average Bonchev–Trinajstić information content (AvgIpc) is 2.87. The maximum Gasteiger partial charge on any atom is 0.338 e. The van der Waals surface area contributed by atoms with Crippen LogP contribution in [0.25, 0.3) is 0 Å². The van der Waals surface area contributed by atoms with Gasteiger partial charge < -0.3 is 31.2 Å². The molecular formula is C25H24N4O6. The maximum atomic E-state index is 12.5. The third-order valence-electron chi connectivity index (χ3n) is 4.78. The van der Waals surface area contributed by atoms with E-state index in [1.54, 1.807) is 60.7 Å². The van der Waals surface area contributed by atoms with Crippen molar-refractivity contribution in [3.63, 3.8) is 0 Å². The first kappa shape index (κ1) is 24.8. The molecule has 0 aliphatic heterocycles. The van der Waals surface area contributed by atoms with Gasteiger partial charge in [0.25, 0.3) is 11.8 Å². The van der Waals surface area contributed by atoms with Gasteiger partial charge in [-0.3, -0.25) is 9.59 Å². The molecule has 3 rings (SSSR count). The molecule has 0 aromatic heterocycles. The molecule has 3 aromatic rings. The molecule has 0 aliphatic rings. The number of carbonyl (C=O) groups excluding carboxylic acids is 4. The number of ether oxygens (including phenoxy) is 2. The highest BCUT2D eigenvalue weighted by Crippen LogP contribution is 2.23. The molecule has 0 spiro atoms. The number of nitrogens with two attached hydrogens (primary N) is 1. The van der Waals surface area contributed by atoms with Crippen LogP contribution in [0.4, 0.5) is 16.2 Å². The number of benzene rings is 3. The van der Waals surface area contributed by atoms with E-state index >= 15 is 0 Å². The van der Waals surface area contributed by atoms with E-state index in [9.17, 15) is 19.2 Å². The van der Waals surface area contributed by atoms with Gasteiger partial charge in [0.15, 0.2) is 6.61 Å². The van der Waals surface area contributed by atoms with Gasteiger partial charge >= 0.3 is 12.0 Å². The van der Waals surface area contributed by atoms with Gasteiger partial charge in [0, 0.05) is 17.8 Å². The predicted molar refractivity (Wildman–Crippen MR) is 129 cm³/mol. The van der Waals surface area contributed by atoms with Crippen LogP contribution >= 0.6 is 0 Å². The Morgan fingerprint density at radius 3 is 2.14 bits per heavy atom. The number of urea groups is 1. The number of hydrogen-bond acceptors (Lipinski definition) is 6. The zero-order valence-electron chi connectivity index (χ0n) is 18.9. The standard InChI is InChI=1S/C25H24N4O6/c1-34-21-5-3-2-4-20(21)29-23(31)17-10-12-19(13-11-17)28-22(30)15-35-24(32)18-8-6-16(7-9-18)14-27-25(26)33/h2-13H,14-15H2,1H3,(H,28,30)(H,29,31)(H3,26,27,33). The molecule has 0 bridgehead atoms. The Hall–Kier alpha value is -4.86. The lowest BCUT2D eigenvalue weighted by Gasteiger charge is -2.10. The molecule has 0 saturated heterocycles. The second-order valence-corrected chi connectivity index (χ2v) is 7.27. The molecule has 10 heteroatoms. The lowest BCUT2D eigenvalue weighted by molar-refractivity contribution is -0.119. The fourth-order valence-electron chi connectivity index (χ4n) is 3.01. The molecule has 5 N–H and O–H groups in total. The normalized spacial score (nSPS) is 10.1. The number of para-hydroxylation sites is 2. The third-order valence-corrected chi connectivity index (χ3v) is 4.78. The van der Waals surface area contributed by atoms with Crippen molar-refractivity contribution in [3.8, 4) is 5.75 Å². The molecule has 0 atom stereocenters. The van der Waals surface area contributed by atoms with Crippen LogP contribution < -0.4 is 26.4 Å². The summed E-state index contributed by atoms with van der Waals surface area (Å²) in [6.07, 6.45) is 0. The Kier molecular flexibility index (Phi) is 8.38. The number of carbonyl (C=O) groups is 4. The zero-order valence-corrected chi connectivity index (χ0v) is 18.9. The fourth-order valence-corrected chi connectivity index (χ4v) is 3.01. The number of nitrogens with one attached hydrogen (secondary N) is 3. The molecule has 10 nitrogen and oxygen atoms in total. The summed E-state index contributed by atoms with van der Waals surface area (Å²) in [7, 11) is 1.52. The summed E-state index contributed by atoms with van der Waals surface area (Å²) in [6.45, 7) is -0.256. The minimum atomic E-state index is -0.669. The van der Waals surface area contributed by atoms with E-state index in [0.717, 1.165) is 5.56 Å². The molecule has 0 fully saturated rings. The maximum absolute atomic E-state index is 12.5. The van der Waals surface area contributed by atoms with Crippen molar-refractivity contribution < 1.29 is 28.7 Å². The van der Waals surface area contributed by atoms with Crippen molar-refractivity contribution in [1.29, 1.82) is 0 Å². The van der Waals surface area contributed by atoms with Crippen molar-refractivity contribution in [3.05, 3.63) is 89.5 Å². The van der Waals surface area contributed by atoms with E-state index < -0.39 is 24.5 Å². The molecule has 0 aliphatic carbocycles. The van der Waals surface area contributed by atoms with Crippen molar-refractivity contribution in [1.82, 2.24) is 5.32 Å². The number of primary amides is 1. The molecule has 0 unspecified atom stereocenters. The zero-order chi connectivity index (χ0) is 25.2. The topological polar surface area (TPSA) is 149 Å². The summed E-state index contributed by atoms with van der Waals surface area (Å²) in [5, 5.41) is 7.81. The van der Waals surface area contributed by atoms with Crippen molar-refractivity contribution in [2.24, 2.45) is 5.73 Å². The second-order valence-electron chi connectivity index (χ2n) is 7.27. The first-order chi connectivity index (χ1) is 16.9. The predicted octanol–water partition coefficient (Wildman–Crippen LogP) is 2.91. The van der Waals surface area contributed by atoms with E-state index in [-0.39, 0.29) is 18.0 Å². The number of methoxy groups -OCH3 is 1. The van der Waals surface area contributed by atoms with Gasteiger partial charge in [-0.05, 0) is 54.1 Å². The number of esters is 1. The average molecular weight is 476 g/mol. The SMILES string of the molecule is COc1ccccc1NC(=O)c1ccc(NC(=O)COC(=O)c2ccc(CNC(N)=O)cc2)cc1. The van der Waals surface area contributed by atoms with Gasteiger partial charge in [-0.1, -0.05) is 24.3 Å². The van der Waals surface area contributed by atoms with Crippen LogP contribution in [0.3, 0.4) is 0 Å². The first-order valence-corrected chi connectivity index (χ1v) is 10.5. The molecule has 180 valence electrons. The number of amides is 4. The summed E-state index contributed by atoms with van der Waals surface area (Å²) in [5.74, 6) is -1.00. The van der Waals surface area contributed by atoms with Crippen LogP contribution in [0.1, 0.15) is 26.3 Å². The van der Waals surface area contributed by atoms with Crippen LogP contribution in [0.5, 0.6) is 5.75 Å². The summed E-state index contributed by atoms with van der Waals surface area (Å²) < 4.78 is 10.3. The minimum Gasteiger partial charge on any atom is -0.495 e. The van der Waals surface area contributed by atoms with Crippen LogP contribution in [0.15, 0.2) is 72.8 Å². The van der Waals surface area contributed by atoms with Crippen molar-refractivity contribution in [2.45, 2.75) is 6.54 Å². The highest BCUT2D eigenvalue weighted by molar-refractivity contribution is 6.05. The van der Waals surface area contributed by atoms with Crippen LogP contribution in [-0.2, 0) is 16.1 Å². The van der Waals surface area contributed by atoms with E-state index in [1.165, 1.54) is 19.2 Å². The van der Waals surface area contributed by atoms with Gasteiger partial charge in [-0.2, -0.15) is 0 Å². The molecule has 0 radical (unpaired) electrons. The van der Waals surface area contributed by atoms with E-state index in [0.29, 0.717) is 22.7 Å². The Balaban J connectivity index is 1.48. The van der Waals surface area contributed by atoms with Crippen LogP contribution in [-0.4, -0.2) is 37.5 Å². The Morgan fingerprint density at radius 2 is 1.49 bits per heavy atom. The Labute approximate surface area is 201 Å². The summed E-state index contributed by atoms with van der Waals surface area (Å²) in [6, 6.07) is 18.9. The van der Waals surface area contributed by atoms with E-state index in [4.69, 9.17) is 15.2 Å². The minimum absolute atomic E-state index is 0.230. The van der Waals surface area contributed by atoms with Gasteiger partial charge in [-0.25, -0.2) is 9.59 Å². The van der Waals surface area contributed by atoms with Crippen molar-refractivity contribution in [2.75, 3.05) is 24.4 Å². The van der Waals surface area contributed by atoms with Crippen molar-refractivity contribution >= 4 is 35.2 Å². The van der Waals surface area contributed by atoms with Crippen LogP contribution in [0.2, 0.25) is 0 Å². The fraction of sp³-hybridized carbons (Fsp3) is 0.120. The molecule has 0 heterocycles. The van der Waals surface area contributed by atoms with E-state index in [2.05, 4.69) is 16.0 Å². The second kappa shape index (κ2) is 11.8. The van der Waals surface area contributed by atoms with Gasteiger partial charge in [0.2, 0.25) is 0 Å². The molecular weight excluding hydrogens is 452 g/mol. The largest absolute Gasteiger partial charge is 0.495 e. The summed E-state index contributed by atoms with van der Waals surface area (Å²) in [4.78, 5) is 47.5. The monoisotopic (exact) mass is 476 g/mol. The number of rotatable bonds is 9. The molecule has 3 aromatic carbocycles. The number of anilines is 2.